The maximum absolute atomic E-state index is 9.88. The second-order valence-electron chi connectivity index (χ2n) is 4.80. The van der Waals surface area contributed by atoms with Gasteiger partial charge in [0, 0.05) is 0 Å². The van der Waals surface area contributed by atoms with Crippen molar-refractivity contribution in [3.05, 3.63) is 35.9 Å². The summed E-state index contributed by atoms with van der Waals surface area (Å²) in [6.07, 6.45) is -3.76. The van der Waals surface area contributed by atoms with Crippen molar-refractivity contribution in [2.24, 2.45) is 0 Å². The molecule has 1 heterocycles. The summed E-state index contributed by atoms with van der Waals surface area (Å²) in [6, 6.07) is 9.93. The molecule has 112 valence electrons. The van der Waals surface area contributed by atoms with Crippen molar-refractivity contribution in [3.8, 4) is 0 Å². The van der Waals surface area contributed by atoms with Crippen molar-refractivity contribution in [2.75, 3.05) is 12.4 Å². The second-order valence-corrected chi connectivity index (χ2v) is 6.01. The van der Waals surface area contributed by atoms with Crippen LogP contribution in [0.15, 0.2) is 30.3 Å². The van der Waals surface area contributed by atoms with Crippen molar-refractivity contribution in [2.45, 2.75) is 36.3 Å². The fraction of sp³-hybridized carbons (Fsp3) is 0.571. The molecule has 20 heavy (non-hydrogen) atoms. The van der Waals surface area contributed by atoms with E-state index in [1.54, 1.807) is 0 Å². The Balaban J connectivity index is 1.85. The highest BCUT2D eigenvalue weighted by Crippen LogP contribution is 2.28. The van der Waals surface area contributed by atoms with Crippen LogP contribution in [0.5, 0.6) is 0 Å². The summed E-state index contributed by atoms with van der Waals surface area (Å²) in [5.74, 6) is 0.715. The number of hydrogen-bond donors (Lipinski definition) is 4. The van der Waals surface area contributed by atoms with Crippen molar-refractivity contribution in [1.82, 2.24) is 0 Å². The topological polar surface area (TPSA) is 90.2 Å². The van der Waals surface area contributed by atoms with Gasteiger partial charge in [0.15, 0.2) is 0 Å². The van der Waals surface area contributed by atoms with Crippen molar-refractivity contribution < 1.29 is 25.2 Å². The van der Waals surface area contributed by atoms with Gasteiger partial charge in [-0.1, -0.05) is 30.3 Å². The first-order valence-corrected chi connectivity index (χ1v) is 7.64. The molecular formula is C14H20O5S. The maximum atomic E-state index is 9.88. The third-order valence-electron chi connectivity index (χ3n) is 3.36. The van der Waals surface area contributed by atoms with E-state index in [4.69, 9.17) is 9.84 Å². The molecule has 0 saturated carbocycles. The van der Waals surface area contributed by atoms with E-state index in [1.807, 2.05) is 30.3 Å². The van der Waals surface area contributed by atoms with E-state index >= 15 is 0 Å². The summed E-state index contributed by atoms with van der Waals surface area (Å²) < 4.78 is 5.42. The molecule has 1 aromatic rings. The van der Waals surface area contributed by atoms with Crippen LogP contribution >= 0.6 is 11.8 Å². The summed E-state index contributed by atoms with van der Waals surface area (Å²) in [6.45, 7) is -0.388. The first-order chi connectivity index (χ1) is 9.63. The molecule has 6 heteroatoms. The van der Waals surface area contributed by atoms with Gasteiger partial charge in [-0.2, -0.15) is 0 Å². The number of rotatable bonds is 5. The minimum absolute atomic E-state index is 0.388. The van der Waals surface area contributed by atoms with Crippen LogP contribution in [0.4, 0.5) is 0 Å². The monoisotopic (exact) mass is 300 g/mol. The number of aryl methyl sites for hydroxylation is 1. The summed E-state index contributed by atoms with van der Waals surface area (Å²) in [4.78, 5) is 0. The molecule has 0 unspecified atom stereocenters. The average Bonchev–Trinajstić information content (AvgIpc) is 2.48. The Labute approximate surface area is 122 Å². The molecule has 0 spiro atoms. The van der Waals surface area contributed by atoms with Gasteiger partial charge in [-0.15, -0.1) is 11.8 Å². The van der Waals surface area contributed by atoms with Crippen LogP contribution < -0.4 is 0 Å². The van der Waals surface area contributed by atoms with Crippen LogP contribution in [-0.4, -0.2) is 62.6 Å². The summed E-state index contributed by atoms with van der Waals surface area (Å²) in [5.41, 5.74) is 0.541. The number of ether oxygens (including phenoxy) is 1. The van der Waals surface area contributed by atoms with Gasteiger partial charge in [0.05, 0.1) is 6.61 Å². The average molecular weight is 300 g/mol. The minimum atomic E-state index is -1.30. The zero-order valence-electron chi connectivity index (χ0n) is 11.0. The van der Waals surface area contributed by atoms with E-state index in [1.165, 1.54) is 17.3 Å². The quantitative estimate of drug-likeness (QED) is 0.600. The van der Waals surface area contributed by atoms with E-state index in [2.05, 4.69) is 0 Å². The van der Waals surface area contributed by atoms with Gasteiger partial charge in [0.25, 0.3) is 0 Å². The Bertz CT molecular complexity index is 400. The smallest absolute Gasteiger partial charge is 0.132 e. The van der Waals surface area contributed by atoms with Gasteiger partial charge < -0.3 is 25.2 Å². The van der Waals surface area contributed by atoms with Crippen LogP contribution in [0.3, 0.4) is 0 Å². The first-order valence-electron chi connectivity index (χ1n) is 6.59. The van der Waals surface area contributed by atoms with E-state index < -0.39 is 29.9 Å². The van der Waals surface area contributed by atoms with Crippen molar-refractivity contribution >= 4 is 11.8 Å². The molecule has 1 saturated heterocycles. The predicted molar refractivity (Wildman–Crippen MR) is 76.4 cm³/mol. The molecule has 1 aromatic carbocycles. The molecule has 4 N–H and O–H groups in total. The van der Waals surface area contributed by atoms with E-state index in [-0.39, 0.29) is 6.61 Å². The molecule has 2 rings (SSSR count). The summed E-state index contributed by atoms with van der Waals surface area (Å²) >= 11 is 1.37. The van der Waals surface area contributed by atoms with Gasteiger partial charge in [0.2, 0.25) is 0 Å². The Morgan fingerprint density at radius 1 is 1.00 bits per heavy atom. The van der Waals surface area contributed by atoms with Gasteiger partial charge in [-0.05, 0) is 17.7 Å². The Morgan fingerprint density at radius 3 is 2.35 bits per heavy atom. The maximum Gasteiger partial charge on any atom is 0.132 e. The molecule has 0 amide bonds. The lowest BCUT2D eigenvalue weighted by molar-refractivity contribution is -0.205. The van der Waals surface area contributed by atoms with Crippen LogP contribution in [0.2, 0.25) is 0 Å². The molecule has 0 aromatic heterocycles. The summed E-state index contributed by atoms with van der Waals surface area (Å²) in [7, 11) is 0. The first kappa shape index (κ1) is 15.8. The third-order valence-corrected chi connectivity index (χ3v) is 4.52. The standard InChI is InChI=1S/C14H20O5S/c15-8-10-11(16)12(17)13(18)14(19-10)20-7-6-9-4-2-1-3-5-9/h1-5,10-18H,6-8H2/t10-,11-,12+,13+,14-/m1/s1. The van der Waals surface area contributed by atoms with Crippen LogP contribution in [0.25, 0.3) is 0 Å². The predicted octanol–water partition coefficient (Wildman–Crippen LogP) is -0.238. The number of hydrogen-bond acceptors (Lipinski definition) is 6. The van der Waals surface area contributed by atoms with E-state index in [9.17, 15) is 15.3 Å². The minimum Gasteiger partial charge on any atom is -0.394 e. The van der Waals surface area contributed by atoms with Gasteiger partial charge in [-0.3, -0.25) is 0 Å². The highest BCUT2D eigenvalue weighted by Gasteiger charge is 2.43. The zero-order valence-corrected chi connectivity index (χ0v) is 11.8. The molecular weight excluding hydrogens is 280 g/mol. The van der Waals surface area contributed by atoms with Gasteiger partial charge in [-0.25, -0.2) is 0 Å². The van der Waals surface area contributed by atoms with E-state index in [0.717, 1.165) is 6.42 Å². The Morgan fingerprint density at radius 2 is 1.70 bits per heavy atom. The number of benzene rings is 1. The molecule has 0 radical (unpaired) electrons. The molecule has 1 aliphatic rings. The number of aliphatic hydroxyl groups excluding tert-OH is 4. The van der Waals surface area contributed by atoms with Crippen molar-refractivity contribution in [1.29, 1.82) is 0 Å². The fourth-order valence-electron chi connectivity index (χ4n) is 2.14. The molecule has 5 atom stereocenters. The van der Waals surface area contributed by atoms with Crippen LogP contribution in [-0.2, 0) is 11.2 Å². The van der Waals surface area contributed by atoms with Gasteiger partial charge >= 0.3 is 0 Å². The molecule has 1 fully saturated rings. The van der Waals surface area contributed by atoms with Crippen LogP contribution in [0, 0.1) is 0 Å². The van der Waals surface area contributed by atoms with Crippen molar-refractivity contribution in [3.63, 3.8) is 0 Å². The lowest BCUT2D eigenvalue weighted by atomic mass is 10.0. The second kappa shape index (κ2) is 7.40. The highest BCUT2D eigenvalue weighted by molar-refractivity contribution is 7.99. The van der Waals surface area contributed by atoms with E-state index in [0.29, 0.717) is 5.75 Å². The molecule has 0 bridgehead atoms. The lowest BCUT2D eigenvalue weighted by Gasteiger charge is -2.39. The van der Waals surface area contributed by atoms with Gasteiger partial charge in [0.1, 0.15) is 29.9 Å². The normalized spacial score (nSPS) is 34.1. The fourth-order valence-corrected chi connectivity index (χ4v) is 3.31. The lowest BCUT2D eigenvalue weighted by Crippen LogP contribution is -2.57. The highest BCUT2D eigenvalue weighted by atomic mass is 32.2. The largest absolute Gasteiger partial charge is 0.394 e. The number of thioether (sulfide) groups is 1. The van der Waals surface area contributed by atoms with Crippen LogP contribution in [0.1, 0.15) is 5.56 Å². The molecule has 5 nitrogen and oxygen atoms in total. The third kappa shape index (κ3) is 3.72. The molecule has 0 aliphatic carbocycles. The molecule has 1 aliphatic heterocycles. The SMILES string of the molecule is OC[C@H]1O[C@H](SCCc2ccccc2)[C@@H](O)[C@@H](O)[C@@H]1O. The summed E-state index contributed by atoms with van der Waals surface area (Å²) in [5, 5.41) is 38.3. The Kier molecular flexibility index (Phi) is 5.83. The number of aliphatic hydroxyl groups is 4. The Hall–Kier alpha value is -0.630. The zero-order chi connectivity index (χ0) is 14.5.